The summed E-state index contributed by atoms with van der Waals surface area (Å²) in [6.45, 7) is -1.37. The van der Waals surface area contributed by atoms with Gasteiger partial charge < -0.3 is 10.8 Å². The van der Waals surface area contributed by atoms with Crippen LogP contribution in [0.2, 0.25) is 0 Å². The molecule has 0 radical (unpaired) electrons. The van der Waals surface area contributed by atoms with Gasteiger partial charge in [0.1, 0.15) is 12.4 Å². The third-order valence-corrected chi connectivity index (χ3v) is 2.61. The molecule has 0 heterocycles. The van der Waals surface area contributed by atoms with Crippen molar-refractivity contribution in [3.05, 3.63) is 34.1 Å². The summed E-state index contributed by atoms with van der Waals surface area (Å²) < 4.78 is 39.1. The van der Waals surface area contributed by atoms with Crippen molar-refractivity contribution in [3.63, 3.8) is 0 Å². The van der Waals surface area contributed by atoms with Gasteiger partial charge in [0.05, 0.1) is 10.5 Å². The Morgan fingerprint density at radius 3 is 2.53 bits per heavy atom. The average Bonchev–Trinajstić information content (AvgIpc) is 2.21. The van der Waals surface area contributed by atoms with Crippen LogP contribution in [0.4, 0.5) is 13.2 Å². The second-order valence-corrected chi connectivity index (χ2v) is 3.92. The first-order valence-electron chi connectivity index (χ1n) is 4.07. The molecule has 6 heteroatoms. The number of alkyl halides is 2. The van der Waals surface area contributed by atoms with E-state index in [1.54, 1.807) is 0 Å². The Morgan fingerprint density at radius 1 is 1.47 bits per heavy atom. The van der Waals surface area contributed by atoms with E-state index >= 15 is 0 Å². The lowest BCUT2D eigenvalue weighted by Crippen LogP contribution is -2.36. The van der Waals surface area contributed by atoms with Crippen LogP contribution in [0.15, 0.2) is 22.7 Å². The summed E-state index contributed by atoms with van der Waals surface area (Å²) in [5.41, 5.74) is 5.15. The van der Waals surface area contributed by atoms with E-state index in [0.717, 1.165) is 6.07 Å². The van der Waals surface area contributed by atoms with E-state index in [1.807, 2.05) is 0 Å². The molecular formula is C9H9BrF3NO. The number of aliphatic hydroxyl groups is 1. The van der Waals surface area contributed by atoms with Gasteiger partial charge in [0.2, 0.25) is 0 Å². The number of hydrogen-bond acceptors (Lipinski definition) is 2. The zero-order valence-electron chi connectivity index (χ0n) is 7.55. The molecule has 1 atom stereocenters. The van der Waals surface area contributed by atoms with Gasteiger partial charge in [0.15, 0.2) is 0 Å². The lowest BCUT2D eigenvalue weighted by atomic mass is 10.0. The van der Waals surface area contributed by atoms with Crippen molar-refractivity contribution in [2.24, 2.45) is 5.73 Å². The van der Waals surface area contributed by atoms with Crippen LogP contribution in [-0.2, 0) is 0 Å². The predicted octanol–water partition coefficient (Wildman–Crippen LogP) is 2.22. The highest BCUT2D eigenvalue weighted by molar-refractivity contribution is 9.10. The smallest absolute Gasteiger partial charge is 0.289 e. The maximum atomic E-state index is 13.0. The van der Waals surface area contributed by atoms with E-state index in [4.69, 9.17) is 10.8 Å². The van der Waals surface area contributed by atoms with Crippen molar-refractivity contribution in [3.8, 4) is 0 Å². The topological polar surface area (TPSA) is 46.2 Å². The average molecular weight is 284 g/mol. The van der Waals surface area contributed by atoms with E-state index < -0.39 is 24.4 Å². The SMILES string of the molecule is N[C@H](c1ccc(Br)c(F)c1)C(F)(F)CO. The minimum absolute atomic E-state index is 0.0604. The van der Waals surface area contributed by atoms with Crippen LogP contribution >= 0.6 is 15.9 Å². The molecule has 1 rings (SSSR count). The van der Waals surface area contributed by atoms with Crippen LogP contribution in [0.3, 0.4) is 0 Å². The second-order valence-electron chi connectivity index (χ2n) is 3.07. The van der Waals surface area contributed by atoms with Gasteiger partial charge in [-0.05, 0) is 33.6 Å². The van der Waals surface area contributed by atoms with E-state index in [9.17, 15) is 13.2 Å². The highest BCUT2D eigenvalue weighted by Gasteiger charge is 2.37. The van der Waals surface area contributed by atoms with Crippen LogP contribution in [0.25, 0.3) is 0 Å². The molecule has 0 bridgehead atoms. The molecule has 0 amide bonds. The molecular weight excluding hydrogens is 275 g/mol. The van der Waals surface area contributed by atoms with Gasteiger partial charge in [0.25, 0.3) is 5.92 Å². The molecule has 15 heavy (non-hydrogen) atoms. The Hall–Kier alpha value is -0.590. The van der Waals surface area contributed by atoms with Gasteiger partial charge in [-0.15, -0.1) is 0 Å². The number of benzene rings is 1. The van der Waals surface area contributed by atoms with E-state index in [1.165, 1.54) is 12.1 Å². The van der Waals surface area contributed by atoms with Crippen molar-refractivity contribution in [2.75, 3.05) is 6.61 Å². The number of nitrogens with two attached hydrogens (primary N) is 1. The minimum atomic E-state index is -3.46. The fraction of sp³-hybridized carbons (Fsp3) is 0.333. The lowest BCUT2D eigenvalue weighted by Gasteiger charge is -2.21. The number of rotatable bonds is 3. The summed E-state index contributed by atoms with van der Waals surface area (Å²) in [6.07, 6.45) is 0. The van der Waals surface area contributed by atoms with Gasteiger partial charge in [-0.25, -0.2) is 13.2 Å². The summed E-state index contributed by atoms with van der Waals surface area (Å²) in [5.74, 6) is -4.13. The Kier molecular flexibility index (Phi) is 3.75. The van der Waals surface area contributed by atoms with E-state index in [-0.39, 0.29) is 10.0 Å². The Labute approximate surface area is 93.0 Å². The van der Waals surface area contributed by atoms with E-state index in [0.29, 0.717) is 0 Å². The monoisotopic (exact) mass is 283 g/mol. The lowest BCUT2D eigenvalue weighted by molar-refractivity contribution is -0.0712. The summed E-state index contributed by atoms with van der Waals surface area (Å²) in [4.78, 5) is 0. The molecule has 2 nitrogen and oxygen atoms in total. The zero-order valence-corrected chi connectivity index (χ0v) is 9.14. The molecule has 0 aliphatic heterocycles. The van der Waals surface area contributed by atoms with Crippen LogP contribution in [-0.4, -0.2) is 17.6 Å². The molecule has 0 aliphatic carbocycles. The van der Waals surface area contributed by atoms with Crippen molar-refractivity contribution in [1.29, 1.82) is 0 Å². The first-order valence-corrected chi connectivity index (χ1v) is 4.87. The normalized spacial score (nSPS) is 14.0. The van der Waals surface area contributed by atoms with Crippen LogP contribution in [0.5, 0.6) is 0 Å². The molecule has 0 aliphatic rings. The number of aliphatic hydroxyl groups excluding tert-OH is 1. The number of hydrogen-bond donors (Lipinski definition) is 2. The molecule has 84 valence electrons. The third-order valence-electron chi connectivity index (χ3n) is 1.97. The van der Waals surface area contributed by atoms with Crippen LogP contribution in [0, 0.1) is 5.82 Å². The fourth-order valence-electron chi connectivity index (χ4n) is 1.05. The van der Waals surface area contributed by atoms with Crippen molar-refractivity contribution in [2.45, 2.75) is 12.0 Å². The molecule has 0 unspecified atom stereocenters. The third kappa shape index (κ3) is 2.70. The molecule has 3 N–H and O–H groups in total. The van der Waals surface area contributed by atoms with E-state index in [2.05, 4.69) is 15.9 Å². The molecule has 0 spiro atoms. The summed E-state index contributed by atoms with van der Waals surface area (Å²) >= 11 is 2.89. The minimum Gasteiger partial charge on any atom is -0.390 e. The standard InChI is InChI=1S/C9H9BrF3NO/c10-6-2-1-5(3-7(6)11)8(14)9(12,13)4-15/h1-3,8,15H,4,14H2/t8-/m1/s1. The van der Waals surface area contributed by atoms with Gasteiger partial charge >= 0.3 is 0 Å². The molecule has 0 fully saturated rings. The Balaban J connectivity index is 3.02. The van der Waals surface area contributed by atoms with Crippen molar-refractivity contribution >= 4 is 15.9 Å². The first-order chi connectivity index (χ1) is 6.88. The Morgan fingerprint density at radius 2 is 2.07 bits per heavy atom. The zero-order chi connectivity index (χ0) is 11.6. The molecule has 1 aromatic carbocycles. The first kappa shape index (κ1) is 12.5. The van der Waals surface area contributed by atoms with Crippen LogP contribution < -0.4 is 5.73 Å². The van der Waals surface area contributed by atoms with Gasteiger partial charge in [-0.1, -0.05) is 6.07 Å². The largest absolute Gasteiger partial charge is 0.390 e. The van der Waals surface area contributed by atoms with Crippen molar-refractivity contribution in [1.82, 2.24) is 0 Å². The second kappa shape index (κ2) is 4.51. The fourth-order valence-corrected chi connectivity index (χ4v) is 1.29. The van der Waals surface area contributed by atoms with Gasteiger partial charge in [-0.2, -0.15) is 0 Å². The summed E-state index contributed by atoms with van der Waals surface area (Å²) in [5, 5.41) is 8.42. The summed E-state index contributed by atoms with van der Waals surface area (Å²) in [7, 11) is 0. The molecule has 0 saturated heterocycles. The van der Waals surface area contributed by atoms with Crippen molar-refractivity contribution < 1.29 is 18.3 Å². The maximum absolute atomic E-state index is 13.0. The van der Waals surface area contributed by atoms with Gasteiger partial charge in [-0.3, -0.25) is 0 Å². The maximum Gasteiger partial charge on any atom is 0.289 e. The quantitative estimate of drug-likeness (QED) is 0.894. The Bertz CT molecular complexity index is 359. The highest BCUT2D eigenvalue weighted by Crippen LogP contribution is 2.30. The summed E-state index contributed by atoms with van der Waals surface area (Å²) in [6, 6.07) is 1.77. The number of halogens is 4. The highest BCUT2D eigenvalue weighted by atomic mass is 79.9. The molecule has 1 aromatic rings. The molecule has 0 aromatic heterocycles. The predicted molar refractivity (Wildman–Crippen MR) is 53.1 cm³/mol. The van der Waals surface area contributed by atoms with Gasteiger partial charge in [0, 0.05) is 0 Å². The molecule has 0 saturated carbocycles. The van der Waals surface area contributed by atoms with Crippen LogP contribution in [0.1, 0.15) is 11.6 Å².